The van der Waals surface area contributed by atoms with Crippen LogP contribution in [0.15, 0.2) is 18.2 Å². The molecule has 1 aromatic carbocycles. The molecule has 0 saturated heterocycles. The van der Waals surface area contributed by atoms with Gasteiger partial charge in [-0.15, -0.1) is 11.6 Å². The van der Waals surface area contributed by atoms with E-state index in [2.05, 4.69) is 0 Å². The third kappa shape index (κ3) is 2.75. The predicted molar refractivity (Wildman–Crippen MR) is 62.7 cm³/mol. The average molecular weight is 258 g/mol. The van der Waals surface area contributed by atoms with E-state index in [0.29, 0.717) is 0 Å². The van der Waals surface area contributed by atoms with Gasteiger partial charge in [-0.2, -0.15) is 0 Å². The summed E-state index contributed by atoms with van der Waals surface area (Å²) in [4.78, 5) is 22.0. The number of ketones is 1. The summed E-state index contributed by atoms with van der Waals surface area (Å²) in [6.07, 6.45) is -1.76. The van der Waals surface area contributed by atoms with Gasteiger partial charge in [0.1, 0.15) is 5.38 Å². The number of nitrogen functional groups attached to an aromatic ring is 1. The van der Waals surface area contributed by atoms with Crippen LogP contribution in [0.25, 0.3) is 0 Å². The monoisotopic (exact) mass is 257 g/mol. The molecule has 0 bridgehead atoms. The molecule has 0 spiro atoms. The van der Waals surface area contributed by atoms with Gasteiger partial charge in [-0.1, -0.05) is 12.1 Å². The number of aliphatic hydroxyl groups is 1. The van der Waals surface area contributed by atoms with E-state index in [4.69, 9.17) is 22.4 Å². The number of aliphatic carboxylic acids is 1. The highest BCUT2D eigenvalue weighted by atomic mass is 35.5. The third-order valence-electron chi connectivity index (χ3n) is 2.31. The van der Waals surface area contributed by atoms with Crippen molar-refractivity contribution in [3.8, 4) is 0 Å². The molecule has 5 nitrogen and oxygen atoms in total. The molecule has 0 radical (unpaired) electrons. The number of carboxylic acid groups (broad SMARTS) is 1. The first-order valence-electron chi connectivity index (χ1n) is 4.80. The Hall–Kier alpha value is -1.59. The number of carbonyl (C=O) groups excluding carboxylic acids is 1. The zero-order valence-corrected chi connectivity index (χ0v) is 9.81. The van der Waals surface area contributed by atoms with Gasteiger partial charge in [0.15, 0.2) is 11.9 Å². The molecule has 0 aromatic heterocycles. The standard InChI is InChI=1S/C11H12ClNO4/c1-5(14)9(12)8-6(10(15)11(16)17)3-2-4-7(8)13/h2-4,9-10,15H,13H2,1H3,(H,16,17). The van der Waals surface area contributed by atoms with Gasteiger partial charge < -0.3 is 15.9 Å². The zero-order chi connectivity index (χ0) is 13.2. The molecule has 2 unspecified atom stereocenters. The third-order valence-corrected chi connectivity index (χ3v) is 2.84. The molecule has 1 aromatic rings. The molecule has 0 aliphatic carbocycles. The van der Waals surface area contributed by atoms with Crippen molar-refractivity contribution in [1.82, 2.24) is 0 Å². The lowest BCUT2D eigenvalue weighted by Crippen LogP contribution is -2.16. The Kier molecular flexibility index (Phi) is 4.09. The van der Waals surface area contributed by atoms with Gasteiger partial charge in [0.2, 0.25) is 0 Å². The molecule has 6 heteroatoms. The Morgan fingerprint density at radius 3 is 2.47 bits per heavy atom. The Morgan fingerprint density at radius 1 is 1.41 bits per heavy atom. The van der Waals surface area contributed by atoms with Crippen LogP contribution in [0.3, 0.4) is 0 Å². The molecule has 17 heavy (non-hydrogen) atoms. The molecule has 0 heterocycles. The Balaban J connectivity index is 3.36. The fraction of sp³-hybridized carbons (Fsp3) is 0.273. The Labute approximate surface area is 103 Å². The van der Waals surface area contributed by atoms with Crippen molar-refractivity contribution >= 4 is 29.0 Å². The van der Waals surface area contributed by atoms with E-state index >= 15 is 0 Å². The topological polar surface area (TPSA) is 101 Å². The second-order valence-corrected chi connectivity index (χ2v) is 4.00. The second kappa shape index (κ2) is 5.16. The summed E-state index contributed by atoms with van der Waals surface area (Å²) in [5.74, 6) is -1.80. The fourth-order valence-corrected chi connectivity index (χ4v) is 1.72. The maximum atomic E-state index is 11.2. The summed E-state index contributed by atoms with van der Waals surface area (Å²) in [5, 5.41) is 17.2. The number of Topliss-reactive ketones (excluding diaryl/α,β-unsaturated/α-hetero) is 1. The number of nitrogens with two attached hydrogens (primary N) is 1. The lowest BCUT2D eigenvalue weighted by atomic mass is 9.96. The van der Waals surface area contributed by atoms with Crippen LogP contribution in [0, 0.1) is 0 Å². The number of alkyl halides is 1. The van der Waals surface area contributed by atoms with Crippen molar-refractivity contribution in [1.29, 1.82) is 0 Å². The summed E-state index contributed by atoms with van der Waals surface area (Å²) in [6.45, 7) is 1.26. The van der Waals surface area contributed by atoms with E-state index in [0.717, 1.165) is 0 Å². The second-order valence-electron chi connectivity index (χ2n) is 3.56. The van der Waals surface area contributed by atoms with Crippen LogP contribution in [0.1, 0.15) is 29.5 Å². The van der Waals surface area contributed by atoms with E-state index in [-0.39, 0.29) is 22.6 Å². The van der Waals surface area contributed by atoms with Gasteiger partial charge in [-0.25, -0.2) is 4.79 Å². The first-order valence-corrected chi connectivity index (χ1v) is 5.23. The van der Waals surface area contributed by atoms with Gasteiger partial charge in [-0.05, 0) is 18.6 Å². The van der Waals surface area contributed by atoms with E-state index in [1.807, 2.05) is 0 Å². The number of rotatable bonds is 4. The van der Waals surface area contributed by atoms with Crippen LogP contribution in [-0.2, 0) is 9.59 Å². The predicted octanol–water partition coefficient (Wildman–Crippen LogP) is 1.26. The van der Waals surface area contributed by atoms with Crippen LogP contribution in [0.5, 0.6) is 0 Å². The molecule has 1 rings (SSSR count). The van der Waals surface area contributed by atoms with Crippen molar-refractivity contribution in [3.63, 3.8) is 0 Å². The molecular weight excluding hydrogens is 246 g/mol. The van der Waals surface area contributed by atoms with Gasteiger partial charge in [0.05, 0.1) is 0 Å². The van der Waals surface area contributed by atoms with Gasteiger partial charge >= 0.3 is 5.97 Å². The first kappa shape index (κ1) is 13.5. The minimum Gasteiger partial charge on any atom is -0.479 e. The highest BCUT2D eigenvalue weighted by Gasteiger charge is 2.26. The van der Waals surface area contributed by atoms with Crippen LogP contribution < -0.4 is 5.73 Å². The van der Waals surface area contributed by atoms with Crippen LogP contribution in [0.2, 0.25) is 0 Å². The summed E-state index contributed by atoms with van der Waals surface area (Å²) in [6, 6.07) is 4.36. The van der Waals surface area contributed by atoms with Gasteiger partial charge in [-0.3, -0.25) is 4.79 Å². The maximum Gasteiger partial charge on any atom is 0.337 e. The smallest absolute Gasteiger partial charge is 0.337 e. The number of benzene rings is 1. The minimum absolute atomic E-state index is 0.0349. The molecule has 4 N–H and O–H groups in total. The number of halogens is 1. The van der Waals surface area contributed by atoms with Crippen molar-refractivity contribution in [2.24, 2.45) is 0 Å². The van der Waals surface area contributed by atoms with Crippen LogP contribution in [-0.4, -0.2) is 22.0 Å². The zero-order valence-electron chi connectivity index (χ0n) is 9.05. The number of carboxylic acids is 1. The first-order chi connectivity index (χ1) is 7.86. The maximum absolute atomic E-state index is 11.2. The molecule has 0 amide bonds. The highest BCUT2D eigenvalue weighted by Crippen LogP contribution is 2.33. The SMILES string of the molecule is CC(=O)C(Cl)c1c(N)cccc1C(O)C(=O)O. The number of hydrogen-bond donors (Lipinski definition) is 3. The summed E-state index contributed by atoms with van der Waals surface area (Å²) in [5.41, 5.74) is 6.02. The van der Waals surface area contributed by atoms with E-state index in [9.17, 15) is 14.7 Å². The van der Waals surface area contributed by atoms with Crippen molar-refractivity contribution in [2.75, 3.05) is 5.73 Å². The lowest BCUT2D eigenvalue weighted by molar-refractivity contribution is -0.147. The molecule has 0 fully saturated rings. The fourth-order valence-electron chi connectivity index (χ4n) is 1.47. The Morgan fingerprint density at radius 2 is 2.00 bits per heavy atom. The van der Waals surface area contributed by atoms with Gasteiger partial charge in [0.25, 0.3) is 0 Å². The number of hydrogen-bond acceptors (Lipinski definition) is 4. The van der Waals surface area contributed by atoms with Crippen molar-refractivity contribution in [3.05, 3.63) is 29.3 Å². The molecule has 0 saturated carbocycles. The average Bonchev–Trinajstić information content (AvgIpc) is 2.26. The molecular formula is C11H12ClNO4. The summed E-state index contributed by atoms with van der Waals surface area (Å²) >= 11 is 5.87. The highest BCUT2D eigenvalue weighted by molar-refractivity contribution is 6.31. The summed E-state index contributed by atoms with van der Waals surface area (Å²) in [7, 11) is 0. The number of aliphatic hydroxyl groups excluding tert-OH is 1. The molecule has 92 valence electrons. The summed E-state index contributed by atoms with van der Waals surface area (Å²) < 4.78 is 0. The minimum atomic E-state index is -1.76. The Bertz CT molecular complexity index is 461. The van der Waals surface area contributed by atoms with E-state index in [1.54, 1.807) is 0 Å². The quantitative estimate of drug-likeness (QED) is 0.557. The number of carbonyl (C=O) groups is 2. The van der Waals surface area contributed by atoms with Gasteiger partial charge in [0, 0.05) is 11.3 Å². The molecule has 2 atom stereocenters. The van der Waals surface area contributed by atoms with E-state index < -0.39 is 17.5 Å². The van der Waals surface area contributed by atoms with Crippen molar-refractivity contribution in [2.45, 2.75) is 18.4 Å². The number of anilines is 1. The largest absolute Gasteiger partial charge is 0.479 e. The lowest BCUT2D eigenvalue weighted by Gasteiger charge is -2.17. The van der Waals surface area contributed by atoms with E-state index in [1.165, 1.54) is 25.1 Å². The normalized spacial score (nSPS) is 14.1. The van der Waals surface area contributed by atoms with Crippen LogP contribution >= 0.6 is 11.6 Å². The van der Waals surface area contributed by atoms with Crippen LogP contribution in [0.4, 0.5) is 5.69 Å². The van der Waals surface area contributed by atoms with Crippen molar-refractivity contribution < 1.29 is 19.8 Å². The molecule has 0 aliphatic rings. The molecule has 0 aliphatic heterocycles.